The Kier molecular flexibility index (Phi) is 12.4. The van der Waals surface area contributed by atoms with Gasteiger partial charge in [0.25, 0.3) is 5.91 Å². The Labute approximate surface area is 352 Å². The van der Waals surface area contributed by atoms with Crippen LogP contribution in [0.4, 0.5) is 17.1 Å². The number of aliphatic hydroxyl groups is 1. The second kappa shape index (κ2) is 17.7. The Morgan fingerprint density at radius 1 is 0.950 bits per heavy atom. The fourth-order valence-electron chi connectivity index (χ4n) is 10.0. The van der Waals surface area contributed by atoms with Crippen LogP contribution in [0.1, 0.15) is 67.3 Å². The summed E-state index contributed by atoms with van der Waals surface area (Å²) in [5.41, 5.74) is 3.27. The number of hydrogen-bond donors (Lipinski definition) is 6. The minimum absolute atomic E-state index is 0.0212. The van der Waals surface area contributed by atoms with E-state index in [2.05, 4.69) is 31.6 Å². The summed E-state index contributed by atoms with van der Waals surface area (Å²) >= 11 is 0. The van der Waals surface area contributed by atoms with Crippen LogP contribution in [-0.4, -0.2) is 89.8 Å². The van der Waals surface area contributed by atoms with Gasteiger partial charge in [0.1, 0.15) is 0 Å². The maximum atomic E-state index is 15.3. The lowest BCUT2D eigenvalue weighted by Gasteiger charge is -2.32. The summed E-state index contributed by atoms with van der Waals surface area (Å²) in [4.78, 5) is 55.6. The molecule has 0 bridgehead atoms. The van der Waals surface area contributed by atoms with Crippen molar-refractivity contribution in [1.82, 2.24) is 25.6 Å². The predicted molar refractivity (Wildman–Crippen MR) is 232 cm³/mol. The molecule has 8 rings (SSSR count). The molecule has 3 unspecified atom stereocenters. The molecule has 1 aromatic heterocycles. The second-order valence-electron chi connectivity index (χ2n) is 17.6. The zero-order valence-corrected chi connectivity index (χ0v) is 35.8. The molecular formula is C45H58N8O6Si. The maximum absolute atomic E-state index is 15.3. The van der Waals surface area contributed by atoms with E-state index in [4.69, 9.17) is 4.74 Å². The first-order valence-corrected chi connectivity index (χ1v) is 24.5. The Balaban J connectivity index is 1.09. The van der Waals surface area contributed by atoms with Crippen molar-refractivity contribution in [2.75, 3.05) is 48.3 Å². The van der Waals surface area contributed by atoms with Crippen molar-refractivity contribution in [3.05, 3.63) is 101 Å². The number of ether oxygens (including phenoxy) is 1. The first kappa shape index (κ1) is 41.9. The number of amides is 3. The molecule has 0 radical (unpaired) electrons. The molecular weight excluding hydrogens is 777 g/mol. The molecule has 318 valence electrons. The van der Waals surface area contributed by atoms with E-state index in [9.17, 15) is 19.5 Å². The monoisotopic (exact) mass is 834 g/mol. The van der Waals surface area contributed by atoms with Gasteiger partial charge in [-0.05, 0) is 99.7 Å². The van der Waals surface area contributed by atoms with Gasteiger partial charge < -0.3 is 40.8 Å². The number of anilines is 3. The lowest BCUT2D eigenvalue weighted by molar-refractivity contribution is -0.146. The lowest BCUT2D eigenvalue weighted by atomic mass is 9.82. The summed E-state index contributed by atoms with van der Waals surface area (Å²) in [7, 11) is -2.99. The molecule has 0 saturated carbocycles. The van der Waals surface area contributed by atoms with Crippen LogP contribution in [0, 0.1) is 17.8 Å². The molecule has 0 aliphatic carbocycles. The molecule has 3 saturated heterocycles. The number of aryl methyl sites for hydroxylation is 1. The SMILES string of the molecule is C[C@H]1[C@H]([Si](C)(C)O)[C@@H](CCn2cc(C(CO)c3ccccc3)nn2)O[C@]12C(=O)N(Cc1cccc(NC(=O)C3CCCNC3)c1)c1ccc(NC(=O)C3CCCNC3)cc12. The van der Waals surface area contributed by atoms with Crippen molar-refractivity contribution in [2.45, 2.75) is 88.4 Å². The number of aliphatic hydroxyl groups excluding tert-OH is 1. The molecule has 1 spiro atoms. The van der Waals surface area contributed by atoms with Gasteiger partial charge in [0.05, 0.1) is 48.4 Å². The average Bonchev–Trinajstić information content (AvgIpc) is 3.91. The first-order valence-electron chi connectivity index (χ1n) is 21.5. The molecule has 4 aromatic rings. The Hall–Kier alpha value is -4.77. The highest BCUT2D eigenvalue weighted by molar-refractivity contribution is 6.71. The van der Waals surface area contributed by atoms with Crippen molar-refractivity contribution in [2.24, 2.45) is 17.8 Å². The van der Waals surface area contributed by atoms with Crippen molar-refractivity contribution in [1.29, 1.82) is 0 Å². The molecule has 3 aromatic carbocycles. The molecule has 6 N–H and O–H groups in total. The van der Waals surface area contributed by atoms with Gasteiger partial charge in [0, 0.05) is 54.2 Å². The molecule has 4 aliphatic heterocycles. The normalized spacial score (nSPS) is 25.9. The van der Waals surface area contributed by atoms with Crippen LogP contribution >= 0.6 is 0 Å². The minimum atomic E-state index is -2.99. The summed E-state index contributed by atoms with van der Waals surface area (Å²) in [5.74, 6) is -1.31. The van der Waals surface area contributed by atoms with E-state index in [1.165, 1.54) is 0 Å². The fourth-order valence-corrected chi connectivity index (χ4v) is 12.7. The number of nitrogens with one attached hydrogen (secondary N) is 4. The van der Waals surface area contributed by atoms with E-state index in [1.807, 2.05) is 99.0 Å². The Bertz CT molecular complexity index is 2170. The molecule has 3 fully saturated rings. The minimum Gasteiger partial charge on any atom is -0.432 e. The standard InChI is InChI=1S/C45H58N8O6Si/c1-29-41(60(2,3)58)40(18-21-52-27-38(50-51-52)36(28-54)31-11-5-4-6-12-31)59-45(29)37-23-35(49-43(56)33-14-9-20-47-25-33)16-17-39(37)53(44(45)57)26-30-10-7-15-34(22-30)48-42(55)32-13-8-19-46-24-32/h4-7,10-12,15-17,22-23,27,29,32-33,36,40-41,46-47,54,58H,8-9,13-14,18-21,24-26,28H2,1-3H3,(H,48,55)(H,49,56)/t29-,32?,33?,36?,40+,41-,45+/m0/s1. The van der Waals surface area contributed by atoms with Gasteiger partial charge in [0.15, 0.2) is 13.9 Å². The Morgan fingerprint density at radius 2 is 1.63 bits per heavy atom. The van der Waals surface area contributed by atoms with Crippen LogP contribution in [-0.2, 0) is 37.8 Å². The summed E-state index contributed by atoms with van der Waals surface area (Å²) in [6.07, 6.45) is 5.32. The predicted octanol–water partition coefficient (Wildman–Crippen LogP) is 4.71. The number of rotatable bonds is 13. The summed E-state index contributed by atoms with van der Waals surface area (Å²) in [6, 6.07) is 22.9. The van der Waals surface area contributed by atoms with E-state index in [-0.39, 0.29) is 54.2 Å². The molecule has 3 amide bonds. The summed E-state index contributed by atoms with van der Waals surface area (Å²) < 4.78 is 8.89. The van der Waals surface area contributed by atoms with Crippen molar-refractivity contribution in [3.63, 3.8) is 0 Å². The van der Waals surface area contributed by atoms with E-state index in [0.29, 0.717) is 54.4 Å². The third-order valence-corrected chi connectivity index (χ3v) is 15.6. The van der Waals surface area contributed by atoms with Gasteiger partial charge >= 0.3 is 0 Å². The number of carbonyl (C=O) groups excluding carboxylic acids is 3. The molecule has 60 heavy (non-hydrogen) atoms. The van der Waals surface area contributed by atoms with Gasteiger partial charge in [-0.3, -0.25) is 19.1 Å². The van der Waals surface area contributed by atoms with Gasteiger partial charge in [-0.2, -0.15) is 0 Å². The second-order valence-corrected chi connectivity index (χ2v) is 21.6. The Morgan fingerprint density at radius 3 is 2.27 bits per heavy atom. The number of benzene rings is 3. The molecule has 5 heterocycles. The van der Waals surface area contributed by atoms with Gasteiger partial charge in [-0.1, -0.05) is 54.6 Å². The van der Waals surface area contributed by atoms with E-state index in [1.54, 1.807) is 9.58 Å². The quantitative estimate of drug-likeness (QED) is 0.103. The number of aromatic nitrogens is 3. The maximum Gasteiger partial charge on any atom is 0.264 e. The zero-order chi connectivity index (χ0) is 42.0. The highest BCUT2D eigenvalue weighted by atomic mass is 28.4. The fraction of sp³-hybridized carbons (Fsp3) is 0.489. The molecule has 4 aliphatic rings. The number of fused-ring (bicyclic) bond motifs is 2. The summed E-state index contributed by atoms with van der Waals surface area (Å²) in [5, 5.41) is 31.9. The summed E-state index contributed by atoms with van der Waals surface area (Å²) in [6.45, 7) is 9.42. The first-order chi connectivity index (χ1) is 29.0. The highest BCUT2D eigenvalue weighted by Crippen LogP contribution is 2.60. The van der Waals surface area contributed by atoms with Crippen LogP contribution in [0.5, 0.6) is 0 Å². The topological polar surface area (TPSA) is 183 Å². The number of nitrogens with zero attached hydrogens (tertiary/aromatic N) is 4. The zero-order valence-electron chi connectivity index (χ0n) is 34.8. The van der Waals surface area contributed by atoms with Crippen molar-refractivity contribution in [3.8, 4) is 0 Å². The van der Waals surface area contributed by atoms with Gasteiger partial charge in [-0.25, -0.2) is 0 Å². The molecule has 15 heteroatoms. The largest absolute Gasteiger partial charge is 0.432 e. The smallest absolute Gasteiger partial charge is 0.264 e. The van der Waals surface area contributed by atoms with E-state index in [0.717, 1.165) is 49.9 Å². The van der Waals surface area contributed by atoms with Gasteiger partial charge in [-0.15, -0.1) is 5.10 Å². The van der Waals surface area contributed by atoms with Gasteiger partial charge in [0.2, 0.25) is 11.8 Å². The third kappa shape index (κ3) is 8.43. The number of carbonyl (C=O) groups is 3. The third-order valence-electron chi connectivity index (χ3n) is 13.1. The molecule has 14 nitrogen and oxygen atoms in total. The van der Waals surface area contributed by atoms with Crippen LogP contribution in [0.3, 0.4) is 0 Å². The van der Waals surface area contributed by atoms with Crippen LogP contribution in [0.25, 0.3) is 0 Å². The number of piperidine rings is 2. The van der Waals surface area contributed by atoms with Crippen molar-refractivity contribution >= 4 is 43.1 Å². The van der Waals surface area contributed by atoms with Crippen molar-refractivity contribution < 1.29 is 29.0 Å². The lowest BCUT2D eigenvalue weighted by Crippen LogP contribution is -2.46. The van der Waals surface area contributed by atoms with E-state index < -0.39 is 25.9 Å². The highest BCUT2D eigenvalue weighted by Gasteiger charge is 2.66. The molecule has 7 atom stereocenters. The average molecular weight is 835 g/mol. The van der Waals surface area contributed by atoms with Crippen LogP contribution in [0.2, 0.25) is 18.6 Å². The van der Waals surface area contributed by atoms with Crippen LogP contribution < -0.4 is 26.2 Å². The number of hydrogen-bond acceptors (Lipinski definition) is 10. The van der Waals surface area contributed by atoms with E-state index >= 15 is 4.79 Å². The van der Waals surface area contributed by atoms with Crippen LogP contribution in [0.15, 0.2) is 79.0 Å².